The summed E-state index contributed by atoms with van der Waals surface area (Å²) in [4.78, 5) is 33.5. The molecule has 0 bridgehead atoms. The smallest absolute Gasteiger partial charge is 0.435 e. The van der Waals surface area contributed by atoms with Crippen molar-refractivity contribution >= 4 is 35.1 Å². The van der Waals surface area contributed by atoms with E-state index >= 15 is 0 Å². The number of nitrogens with zero attached hydrogens (tertiary/aromatic N) is 2. The van der Waals surface area contributed by atoms with Crippen molar-refractivity contribution in [2.75, 3.05) is 11.5 Å². The first-order chi connectivity index (χ1) is 15.3. The molecule has 0 aliphatic rings. The topological polar surface area (TPSA) is 101 Å². The first-order valence-electron chi connectivity index (χ1n) is 10.1. The largest absolute Gasteiger partial charge is 0.448 e. The fourth-order valence-corrected chi connectivity index (χ4v) is 3.40. The van der Waals surface area contributed by atoms with Gasteiger partial charge < -0.3 is 20.4 Å². The number of H-pyrrole nitrogens is 1. The summed E-state index contributed by atoms with van der Waals surface area (Å²) in [7, 11) is 0. The maximum Gasteiger partial charge on any atom is 0.435 e. The van der Waals surface area contributed by atoms with Gasteiger partial charge in [0.1, 0.15) is 5.84 Å². The van der Waals surface area contributed by atoms with Gasteiger partial charge in [-0.1, -0.05) is 35.9 Å². The van der Waals surface area contributed by atoms with E-state index in [4.69, 9.17) is 22.1 Å². The van der Waals surface area contributed by atoms with Crippen molar-refractivity contribution in [3.05, 3.63) is 87.7 Å². The van der Waals surface area contributed by atoms with Gasteiger partial charge in [0.15, 0.2) is 0 Å². The Hall–Kier alpha value is -3.58. The Morgan fingerprint density at radius 1 is 1.09 bits per heavy atom. The Labute approximate surface area is 191 Å². The summed E-state index contributed by atoms with van der Waals surface area (Å²) in [5, 5.41) is 0.593. The molecule has 1 heterocycles. The Morgan fingerprint density at radius 2 is 1.75 bits per heavy atom. The van der Waals surface area contributed by atoms with Crippen molar-refractivity contribution in [3.8, 4) is 0 Å². The van der Waals surface area contributed by atoms with Gasteiger partial charge in [-0.3, -0.25) is 4.79 Å². The SMILES string of the molecule is CCOC(=O)N=C(N)c1ccc(CN(C(=O)c2cc(C)[nH]c2C)c2ccc(Cl)cc2)cc1. The van der Waals surface area contributed by atoms with Crippen LogP contribution in [0.2, 0.25) is 5.02 Å². The number of hydrogen-bond acceptors (Lipinski definition) is 3. The Morgan fingerprint density at radius 3 is 2.31 bits per heavy atom. The average Bonchev–Trinajstić information content (AvgIpc) is 3.10. The first-order valence-corrected chi connectivity index (χ1v) is 10.5. The number of nitrogens with two attached hydrogens (primary N) is 1. The summed E-state index contributed by atoms with van der Waals surface area (Å²) >= 11 is 6.04. The second-order valence-electron chi connectivity index (χ2n) is 7.25. The standard InChI is InChI=1S/C24H25ClN4O3/c1-4-32-24(31)28-22(26)18-7-5-17(6-8-18)14-29(20-11-9-19(25)10-12-20)23(30)21-13-15(2)27-16(21)3/h5-13,27H,4,14H2,1-3H3,(H2,26,28,31). The van der Waals surface area contributed by atoms with Crippen LogP contribution in [0.5, 0.6) is 0 Å². The number of nitrogens with one attached hydrogen (secondary N) is 1. The number of anilines is 1. The summed E-state index contributed by atoms with van der Waals surface area (Å²) in [6, 6.07) is 16.2. The van der Waals surface area contributed by atoms with Gasteiger partial charge in [-0.25, -0.2) is 4.79 Å². The molecule has 3 rings (SSSR count). The van der Waals surface area contributed by atoms with Crippen LogP contribution >= 0.6 is 11.6 Å². The van der Waals surface area contributed by atoms with Crippen LogP contribution in [-0.4, -0.2) is 29.4 Å². The summed E-state index contributed by atoms with van der Waals surface area (Å²) in [5.41, 5.74) is 10.4. The summed E-state index contributed by atoms with van der Waals surface area (Å²) < 4.78 is 4.78. The minimum absolute atomic E-state index is 0.0686. The van der Waals surface area contributed by atoms with E-state index in [-0.39, 0.29) is 18.3 Å². The molecule has 0 aliphatic carbocycles. The van der Waals surface area contributed by atoms with E-state index in [0.29, 0.717) is 22.7 Å². The average molecular weight is 453 g/mol. The van der Waals surface area contributed by atoms with Crippen molar-refractivity contribution in [2.45, 2.75) is 27.3 Å². The summed E-state index contributed by atoms with van der Waals surface area (Å²) in [5.74, 6) is -0.0549. The number of hydrogen-bond donors (Lipinski definition) is 2. The highest BCUT2D eigenvalue weighted by molar-refractivity contribution is 6.30. The van der Waals surface area contributed by atoms with E-state index in [1.807, 2.05) is 44.2 Å². The molecule has 3 N–H and O–H groups in total. The number of rotatable bonds is 6. The number of aryl methyl sites for hydroxylation is 2. The van der Waals surface area contributed by atoms with E-state index in [2.05, 4.69) is 9.98 Å². The summed E-state index contributed by atoms with van der Waals surface area (Å²) in [6.07, 6.45) is -0.731. The van der Waals surface area contributed by atoms with Gasteiger partial charge in [-0.2, -0.15) is 4.99 Å². The third-order valence-electron chi connectivity index (χ3n) is 4.83. The van der Waals surface area contributed by atoms with Crippen LogP contribution in [0.25, 0.3) is 0 Å². The van der Waals surface area contributed by atoms with E-state index in [1.54, 1.807) is 36.1 Å². The minimum atomic E-state index is -0.731. The highest BCUT2D eigenvalue weighted by atomic mass is 35.5. The molecule has 3 aromatic rings. The maximum absolute atomic E-state index is 13.4. The second-order valence-corrected chi connectivity index (χ2v) is 7.69. The lowest BCUT2D eigenvalue weighted by Crippen LogP contribution is -2.30. The molecular weight excluding hydrogens is 428 g/mol. The first kappa shape index (κ1) is 23.1. The molecule has 2 amide bonds. The third kappa shape index (κ3) is 5.56. The number of aromatic amines is 1. The Balaban J connectivity index is 1.88. The number of halogens is 1. The van der Waals surface area contributed by atoms with Gasteiger partial charge in [0.25, 0.3) is 5.91 Å². The third-order valence-corrected chi connectivity index (χ3v) is 5.09. The molecule has 1 aromatic heterocycles. The lowest BCUT2D eigenvalue weighted by atomic mass is 10.1. The van der Waals surface area contributed by atoms with Crippen LogP contribution in [-0.2, 0) is 11.3 Å². The quantitative estimate of drug-likeness (QED) is 0.406. The number of carbonyl (C=O) groups is 2. The number of amides is 2. The molecule has 32 heavy (non-hydrogen) atoms. The van der Waals surface area contributed by atoms with E-state index in [0.717, 1.165) is 22.6 Å². The zero-order valence-electron chi connectivity index (χ0n) is 18.2. The number of aromatic nitrogens is 1. The molecule has 0 spiro atoms. The van der Waals surface area contributed by atoms with Crippen molar-refractivity contribution in [2.24, 2.45) is 10.7 Å². The number of ether oxygens (including phenoxy) is 1. The highest BCUT2D eigenvalue weighted by Gasteiger charge is 2.21. The van der Waals surface area contributed by atoms with Crippen LogP contribution in [0.4, 0.5) is 10.5 Å². The zero-order chi connectivity index (χ0) is 23.3. The van der Waals surface area contributed by atoms with Gasteiger partial charge in [0.2, 0.25) is 0 Å². The maximum atomic E-state index is 13.4. The molecular formula is C24H25ClN4O3. The van der Waals surface area contributed by atoms with Crippen molar-refractivity contribution in [1.29, 1.82) is 0 Å². The van der Waals surface area contributed by atoms with Crippen LogP contribution in [0.1, 0.15) is 39.8 Å². The molecule has 8 heteroatoms. The fourth-order valence-electron chi connectivity index (χ4n) is 3.27. The van der Waals surface area contributed by atoms with Gasteiger partial charge in [-0.15, -0.1) is 0 Å². The van der Waals surface area contributed by atoms with Crippen molar-refractivity contribution < 1.29 is 14.3 Å². The summed E-state index contributed by atoms with van der Waals surface area (Å²) in [6.45, 7) is 6.04. The normalized spacial score (nSPS) is 11.3. The predicted octanol–water partition coefficient (Wildman–Crippen LogP) is 4.99. The van der Waals surface area contributed by atoms with E-state index in [1.165, 1.54) is 0 Å². The van der Waals surface area contributed by atoms with Gasteiger partial charge in [0, 0.05) is 27.7 Å². The monoisotopic (exact) mass is 452 g/mol. The molecule has 0 aliphatic heterocycles. The van der Waals surface area contributed by atoms with Gasteiger partial charge >= 0.3 is 6.09 Å². The molecule has 0 radical (unpaired) electrons. The van der Waals surface area contributed by atoms with Crippen LogP contribution in [0.15, 0.2) is 59.6 Å². The zero-order valence-corrected chi connectivity index (χ0v) is 18.9. The lowest BCUT2D eigenvalue weighted by molar-refractivity contribution is 0.0984. The number of carbonyl (C=O) groups excluding carboxylic acids is 2. The number of amidine groups is 1. The number of benzene rings is 2. The Bertz CT molecular complexity index is 1140. The molecule has 7 nitrogen and oxygen atoms in total. The van der Waals surface area contributed by atoms with Crippen LogP contribution < -0.4 is 10.6 Å². The molecule has 0 saturated carbocycles. The van der Waals surface area contributed by atoms with Gasteiger partial charge in [0.05, 0.1) is 18.7 Å². The Kier molecular flexibility index (Phi) is 7.33. The molecule has 0 atom stereocenters. The van der Waals surface area contributed by atoms with Crippen molar-refractivity contribution in [3.63, 3.8) is 0 Å². The predicted molar refractivity (Wildman–Crippen MR) is 126 cm³/mol. The lowest BCUT2D eigenvalue weighted by Gasteiger charge is -2.23. The molecule has 0 unspecified atom stereocenters. The van der Waals surface area contributed by atoms with E-state index < -0.39 is 6.09 Å². The fraction of sp³-hybridized carbons (Fsp3) is 0.208. The highest BCUT2D eigenvalue weighted by Crippen LogP contribution is 2.24. The van der Waals surface area contributed by atoms with Gasteiger partial charge in [-0.05, 0) is 56.7 Å². The van der Waals surface area contributed by atoms with E-state index in [9.17, 15) is 9.59 Å². The molecule has 0 fully saturated rings. The van der Waals surface area contributed by atoms with Crippen LogP contribution in [0.3, 0.4) is 0 Å². The number of aliphatic imine (C=N–C) groups is 1. The molecule has 166 valence electrons. The minimum Gasteiger partial charge on any atom is -0.448 e. The molecule has 0 saturated heterocycles. The molecule has 2 aromatic carbocycles. The van der Waals surface area contributed by atoms with Crippen molar-refractivity contribution in [1.82, 2.24) is 4.98 Å². The van der Waals surface area contributed by atoms with Crippen LogP contribution in [0, 0.1) is 13.8 Å². The second kappa shape index (κ2) is 10.2.